The molecule has 28 heavy (non-hydrogen) atoms. The molecule has 2 rings (SSSR count). The van der Waals surface area contributed by atoms with Gasteiger partial charge in [-0.3, -0.25) is 19.7 Å². The van der Waals surface area contributed by atoms with Crippen LogP contribution in [-0.4, -0.2) is 35.1 Å². The average molecular weight is 403 g/mol. The van der Waals surface area contributed by atoms with E-state index >= 15 is 0 Å². The smallest absolute Gasteiger partial charge is 0.339 e. The van der Waals surface area contributed by atoms with Crippen molar-refractivity contribution in [1.29, 1.82) is 0 Å². The molecule has 2 aromatic carbocycles. The Morgan fingerprint density at radius 3 is 2.61 bits per heavy atom. The van der Waals surface area contributed by atoms with Crippen LogP contribution in [0, 0.1) is 17.0 Å². The van der Waals surface area contributed by atoms with Gasteiger partial charge in [0.1, 0.15) is 5.69 Å². The third-order valence-corrected chi connectivity index (χ3v) is 4.53. The van der Waals surface area contributed by atoms with Crippen LogP contribution in [0.3, 0.4) is 0 Å². The Bertz CT molecular complexity index is 931. The Balaban J connectivity index is 2.01. The molecule has 0 aliphatic carbocycles. The van der Waals surface area contributed by atoms with E-state index in [0.29, 0.717) is 10.5 Å². The van der Waals surface area contributed by atoms with E-state index in [1.54, 1.807) is 31.2 Å². The number of primary amides is 1. The molecule has 2 aromatic rings. The molecule has 0 heterocycles. The number of rotatable bonds is 8. The van der Waals surface area contributed by atoms with Crippen molar-refractivity contribution >= 4 is 40.9 Å². The molecule has 0 atom stereocenters. The molecule has 0 unspecified atom stereocenters. The maximum absolute atomic E-state index is 12.2. The van der Waals surface area contributed by atoms with E-state index < -0.39 is 29.3 Å². The zero-order chi connectivity index (χ0) is 20.7. The molecule has 2 amide bonds. The van der Waals surface area contributed by atoms with Gasteiger partial charge in [-0.1, -0.05) is 18.2 Å². The first-order chi connectivity index (χ1) is 13.3. The lowest BCUT2D eigenvalue weighted by Gasteiger charge is -2.10. The maximum Gasteiger partial charge on any atom is 0.339 e. The molecule has 0 spiro atoms. The highest BCUT2D eigenvalue weighted by Crippen LogP contribution is 2.25. The van der Waals surface area contributed by atoms with Gasteiger partial charge in [0.25, 0.3) is 11.6 Å². The molecule has 0 radical (unpaired) electrons. The van der Waals surface area contributed by atoms with Crippen molar-refractivity contribution in [2.45, 2.75) is 11.8 Å². The Morgan fingerprint density at radius 2 is 1.93 bits per heavy atom. The highest BCUT2D eigenvalue weighted by atomic mass is 32.2. The van der Waals surface area contributed by atoms with Gasteiger partial charge in [0.05, 0.1) is 16.2 Å². The molecule has 0 aliphatic rings. The molecule has 10 heteroatoms. The van der Waals surface area contributed by atoms with E-state index in [1.807, 2.05) is 0 Å². The van der Waals surface area contributed by atoms with Crippen LogP contribution in [0.15, 0.2) is 47.4 Å². The van der Waals surface area contributed by atoms with Crippen molar-refractivity contribution in [3.63, 3.8) is 0 Å². The van der Waals surface area contributed by atoms with Crippen molar-refractivity contribution in [1.82, 2.24) is 0 Å². The number of nitro benzene ring substituents is 1. The van der Waals surface area contributed by atoms with Gasteiger partial charge in [0.2, 0.25) is 5.91 Å². The summed E-state index contributed by atoms with van der Waals surface area (Å²) in [5.41, 5.74) is 5.71. The van der Waals surface area contributed by atoms with Crippen LogP contribution < -0.4 is 11.1 Å². The van der Waals surface area contributed by atoms with Crippen molar-refractivity contribution in [3.8, 4) is 0 Å². The van der Waals surface area contributed by atoms with Gasteiger partial charge in [-0.2, -0.15) is 0 Å². The van der Waals surface area contributed by atoms with Gasteiger partial charge in [-0.25, -0.2) is 4.79 Å². The van der Waals surface area contributed by atoms with Crippen molar-refractivity contribution in [2.75, 3.05) is 17.7 Å². The fourth-order valence-electron chi connectivity index (χ4n) is 2.20. The highest BCUT2D eigenvalue weighted by molar-refractivity contribution is 8.00. The number of carbonyl (C=O) groups is 3. The number of hydrogen-bond donors (Lipinski definition) is 2. The number of hydrogen-bond acceptors (Lipinski definition) is 7. The average Bonchev–Trinajstić information content (AvgIpc) is 2.66. The van der Waals surface area contributed by atoms with E-state index in [9.17, 15) is 24.5 Å². The molecule has 0 aliphatic heterocycles. The number of ether oxygens (including phenoxy) is 1. The van der Waals surface area contributed by atoms with Crippen LogP contribution in [0.25, 0.3) is 0 Å². The van der Waals surface area contributed by atoms with Crippen LogP contribution in [0.1, 0.15) is 15.9 Å². The van der Waals surface area contributed by atoms with E-state index in [2.05, 4.69) is 5.32 Å². The first kappa shape index (κ1) is 20.9. The van der Waals surface area contributed by atoms with Crippen molar-refractivity contribution < 1.29 is 24.0 Å². The second kappa shape index (κ2) is 9.51. The summed E-state index contributed by atoms with van der Waals surface area (Å²) in [7, 11) is 0. The fraction of sp³-hybridized carbons (Fsp3) is 0.167. The normalized spacial score (nSPS) is 10.2. The number of nitrogens with zero attached hydrogens (tertiary/aromatic N) is 1. The second-order valence-corrected chi connectivity index (χ2v) is 6.67. The Hall–Kier alpha value is -3.40. The lowest BCUT2D eigenvalue weighted by molar-refractivity contribution is -0.384. The summed E-state index contributed by atoms with van der Waals surface area (Å²) in [6.45, 7) is 1.06. The SMILES string of the molecule is Cc1ccc(NC(=O)COC(=O)c2ccccc2SCC(N)=O)c([N+](=O)[O-])c1. The summed E-state index contributed by atoms with van der Waals surface area (Å²) in [5.74, 6) is -2.03. The molecule has 0 aromatic heterocycles. The van der Waals surface area contributed by atoms with Gasteiger partial charge >= 0.3 is 5.97 Å². The molecule has 9 nitrogen and oxygen atoms in total. The summed E-state index contributed by atoms with van der Waals surface area (Å²) in [6, 6.07) is 10.8. The Kier molecular flexibility index (Phi) is 7.10. The molecule has 0 saturated carbocycles. The number of carbonyl (C=O) groups excluding carboxylic acids is 3. The number of thioether (sulfide) groups is 1. The van der Waals surface area contributed by atoms with Crippen LogP contribution >= 0.6 is 11.8 Å². The monoisotopic (exact) mass is 403 g/mol. The van der Waals surface area contributed by atoms with Gasteiger partial charge in [-0.15, -0.1) is 11.8 Å². The number of aryl methyl sites for hydroxylation is 1. The second-order valence-electron chi connectivity index (χ2n) is 5.65. The van der Waals surface area contributed by atoms with E-state index in [1.165, 1.54) is 18.2 Å². The molecule has 0 bridgehead atoms. The number of benzene rings is 2. The van der Waals surface area contributed by atoms with E-state index in [-0.39, 0.29) is 22.7 Å². The summed E-state index contributed by atoms with van der Waals surface area (Å²) in [4.78, 5) is 46.2. The standard InChI is InChI=1S/C18H17N3O6S/c1-11-6-7-13(14(8-11)21(25)26)20-17(23)9-27-18(24)12-4-2-3-5-15(12)28-10-16(19)22/h2-8H,9-10H2,1H3,(H2,19,22)(H,20,23). The number of nitrogens with one attached hydrogen (secondary N) is 1. The van der Waals surface area contributed by atoms with Crippen molar-refractivity contribution in [3.05, 3.63) is 63.7 Å². The summed E-state index contributed by atoms with van der Waals surface area (Å²) in [5, 5.41) is 13.4. The maximum atomic E-state index is 12.2. The predicted molar refractivity (Wildman–Crippen MR) is 103 cm³/mol. The summed E-state index contributed by atoms with van der Waals surface area (Å²) < 4.78 is 4.98. The minimum atomic E-state index is -0.763. The van der Waals surface area contributed by atoms with Gasteiger partial charge in [0, 0.05) is 11.0 Å². The number of anilines is 1. The zero-order valence-electron chi connectivity index (χ0n) is 14.8. The topological polar surface area (TPSA) is 142 Å². The van der Waals surface area contributed by atoms with E-state index in [4.69, 9.17) is 10.5 Å². The predicted octanol–water partition coefficient (Wildman–Crippen LogP) is 2.28. The zero-order valence-corrected chi connectivity index (χ0v) is 15.7. The summed E-state index contributed by atoms with van der Waals surface area (Å²) in [6.07, 6.45) is 0. The molecule has 3 N–H and O–H groups in total. The van der Waals surface area contributed by atoms with Gasteiger partial charge in [-0.05, 0) is 30.7 Å². The molecule has 0 fully saturated rings. The first-order valence-corrected chi connectivity index (χ1v) is 8.98. The molecule has 146 valence electrons. The lowest BCUT2D eigenvalue weighted by atomic mass is 10.2. The third-order valence-electron chi connectivity index (χ3n) is 3.44. The minimum absolute atomic E-state index is 0.00839. The minimum Gasteiger partial charge on any atom is -0.452 e. The number of nitro groups is 1. The molecular weight excluding hydrogens is 386 g/mol. The highest BCUT2D eigenvalue weighted by Gasteiger charge is 2.18. The largest absolute Gasteiger partial charge is 0.452 e. The van der Waals surface area contributed by atoms with Crippen molar-refractivity contribution in [2.24, 2.45) is 5.73 Å². The summed E-state index contributed by atoms with van der Waals surface area (Å²) >= 11 is 1.08. The van der Waals surface area contributed by atoms with E-state index in [0.717, 1.165) is 11.8 Å². The lowest BCUT2D eigenvalue weighted by Crippen LogP contribution is -2.21. The van der Waals surface area contributed by atoms with Crippen LogP contribution in [0.4, 0.5) is 11.4 Å². The van der Waals surface area contributed by atoms with Gasteiger partial charge < -0.3 is 15.8 Å². The van der Waals surface area contributed by atoms with Crippen LogP contribution in [0.5, 0.6) is 0 Å². The Morgan fingerprint density at radius 1 is 1.21 bits per heavy atom. The molecular formula is C18H17N3O6S. The fourth-order valence-corrected chi connectivity index (χ4v) is 2.98. The Labute approximate surface area is 164 Å². The van der Waals surface area contributed by atoms with Gasteiger partial charge in [0.15, 0.2) is 6.61 Å². The third kappa shape index (κ3) is 5.81. The van der Waals surface area contributed by atoms with Crippen LogP contribution in [0.2, 0.25) is 0 Å². The molecule has 0 saturated heterocycles. The van der Waals surface area contributed by atoms with Crippen LogP contribution in [-0.2, 0) is 14.3 Å². The number of nitrogens with two attached hydrogens (primary N) is 1. The number of amides is 2. The first-order valence-electron chi connectivity index (χ1n) is 8.00. The number of esters is 1. The quantitative estimate of drug-likeness (QED) is 0.298.